The Balaban J connectivity index is 1.38. The summed E-state index contributed by atoms with van der Waals surface area (Å²) in [6.45, 7) is 4.22. The number of methoxy groups -OCH3 is 1. The van der Waals surface area contributed by atoms with Crippen LogP contribution in [-0.2, 0) is 12.8 Å². The predicted molar refractivity (Wildman–Crippen MR) is 123 cm³/mol. The highest BCUT2D eigenvalue weighted by Gasteiger charge is 2.28. The van der Waals surface area contributed by atoms with Crippen molar-refractivity contribution in [1.82, 2.24) is 9.88 Å². The number of anilines is 1. The molecule has 2 aromatic rings. The zero-order valence-corrected chi connectivity index (χ0v) is 18.7. The second-order valence-electron chi connectivity index (χ2n) is 9.29. The summed E-state index contributed by atoms with van der Waals surface area (Å²) in [6, 6.07) is 4.25. The number of nitrogens with one attached hydrogen (secondary N) is 1. The quantitative estimate of drug-likeness (QED) is 0.625. The van der Waals surface area contributed by atoms with Crippen LogP contribution in [0.1, 0.15) is 56.1 Å². The molecule has 2 fully saturated rings. The summed E-state index contributed by atoms with van der Waals surface area (Å²) in [4.78, 5) is 7.52. The van der Waals surface area contributed by atoms with Crippen molar-refractivity contribution in [3.63, 3.8) is 0 Å². The van der Waals surface area contributed by atoms with Crippen molar-refractivity contribution in [3.8, 4) is 11.5 Å². The summed E-state index contributed by atoms with van der Waals surface area (Å²) < 4.78 is 11.8. The third-order valence-corrected chi connectivity index (χ3v) is 7.22. The molecule has 0 amide bonds. The van der Waals surface area contributed by atoms with Crippen molar-refractivity contribution in [1.29, 1.82) is 0 Å². The Morgan fingerprint density at radius 2 is 1.90 bits per heavy atom. The van der Waals surface area contributed by atoms with Gasteiger partial charge in [-0.3, -0.25) is 0 Å². The predicted octanol–water partition coefficient (Wildman–Crippen LogP) is 3.92. The van der Waals surface area contributed by atoms with Crippen molar-refractivity contribution < 1.29 is 14.6 Å². The summed E-state index contributed by atoms with van der Waals surface area (Å²) in [7, 11) is 1.71. The Morgan fingerprint density at radius 3 is 2.68 bits per heavy atom. The lowest BCUT2D eigenvalue weighted by Gasteiger charge is -2.21. The molecule has 0 unspecified atom stereocenters. The number of fused-ring (bicyclic) bond motifs is 3. The fourth-order valence-corrected chi connectivity index (χ4v) is 5.53. The van der Waals surface area contributed by atoms with Crippen LogP contribution in [0.5, 0.6) is 11.5 Å². The number of aliphatic hydroxyl groups excluding tert-OH is 1. The molecule has 6 heteroatoms. The van der Waals surface area contributed by atoms with Gasteiger partial charge in [-0.05, 0) is 88.1 Å². The summed E-state index contributed by atoms with van der Waals surface area (Å²) in [5, 5.41) is 15.0. The van der Waals surface area contributed by atoms with E-state index in [0.29, 0.717) is 6.61 Å². The van der Waals surface area contributed by atoms with E-state index < -0.39 is 0 Å². The van der Waals surface area contributed by atoms with E-state index in [-0.39, 0.29) is 12.1 Å². The number of hydrogen-bond acceptors (Lipinski definition) is 6. The van der Waals surface area contributed by atoms with E-state index in [1.807, 2.05) is 6.07 Å². The van der Waals surface area contributed by atoms with Gasteiger partial charge in [-0.15, -0.1) is 0 Å². The minimum Gasteiger partial charge on any atom is -0.493 e. The minimum absolute atomic E-state index is 0.106. The number of rotatable bonds is 8. The van der Waals surface area contributed by atoms with Gasteiger partial charge in [-0.1, -0.05) is 0 Å². The highest BCUT2D eigenvalue weighted by atomic mass is 16.5. The van der Waals surface area contributed by atoms with Gasteiger partial charge in [0, 0.05) is 18.0 Å². The lowest BCUT2D eigenvalue weighted by molar-refractivity contribution is 0.171. The van der Waals surface area contributed by atoms with Crippen LogP contribution >= 0.6 is 0 Å². The number of aryl methyl sites for hydroxylation is 1. The lowest BCUT2D eigenvalue weighted by Crippen LogP contribution is -2.29. The van der Waals surface area contributed by atoms with Gasteiger partial charge >= 0.3 is 0 Å². The first-order valence-electron chi connectivity index (χ1n) is 12.1. The van der Waals surface area contributed by atoms with Crippen LogP contribution in [0, 0.1) is 0 Å². The van der Waals surface area contributed by atoms with Gasteiger partial charge in [-0.2, -0.15) is 0 Å². The number of aliphatic hydroxyl groups is 1. The molecule has 0 bridgehead atoms. The molecule has 0 radical (unpaired) electrons. The lowest BCUT2D eigenvalue weighted by atomic mass is 10.0. The van der Waals surface area contributed by atoms with E-state index in [9.17, 15) is 5.11 Å². The van der Waals surface area contributed by atoms with Crippen LogP contribution in [0.3, 0.4) is 0 Å². The Bertz CT molecular complexity index is 926. The van der Waals surface area contributed by atoms with E-state index in [2.05, 4.69) is 16.3 Å². The highest BCUT2D eigenvalue weighted by Crippen LogP contribution is 2.40. The Kier molecular flexibility index (Phi) is 6.19. The highest BCUT2D eigenvalue weighted by molar-refractivity contribution is 5.89. The summed E-state index contributed by atoms with van der Waals surface area (Å²) in [5.74, 6) is 2.52. The summed E-state index contributed by atoms with van der Waals surface area (Å²) in [6.07, 6.45) is 9.59. The van der Waals surface area contributed by atoms with Crippen LogP contribution in [0.25, 0.3) is 10.9 Å². The Hall–Kier alpha value is -2.05. The van der Waals surface area contributed by atoms with Crippen LogP contribution in [0.2, 0.25) is 0 Å². The molecule has 5 rings (SSSR count). The van der Waals surface area contributed by atoms with E-state index in [1.54, 1.807) is 7.11 Å². The van der Waals surface area contributed by atoms with E-state index >= 15 is 0 Å². The molecule has 2 atom stereocenters. The molecular weight excluding hydrogens is 390 g/mol. The molecule has 1 aliphatic heterocycles. The van der Waals surface area contributed by atoms with Crippen molar-refractivity contribution in [2.24, 2.45) is 0 Å². The number of likely N-dealkylation sites (tertiary alicyclic amines) is 1. The molecule has 2 aliphatic carbocycles. The largest absolute Gasteiger partial charge is 0.493 e. The van der Waals surface area contributed by atoms with Gasteiger partial charge in [0.05, 0.1) is 31.4 Å². The van der Waals surface area contributed by atoms with E-state index in [4.69, 9.17) is 14.5 Å². The second kappa shape index (κ2) is 9.21. The van der Waals surface area contributed by atoms with Gasteiger partial charge in [0.2, 0.25) is 0 Å². The van der Waals surface area contributed by atoms with Gasteiger partial charge in [0.15, 0.2) is 11.5 Å². The van der Waals surface area contributed by atoms with Gasteiger partial charge in [0.25, 0.3) is 0 Å². The molecule has 0 spiro atoms. The molecule has 2 heterocycles. The van der Waals surface area contributed by atoms with Gasteiger partial charge < -0.3 is 24.8 Å². The fraction of sp³-hybridized carbons (Fsp3) is 0.640. The maximum Gasteiger partial charge on any atom is 0.163 e. The molecule has 1 saturated heterocycles. The van der Waals surface area contributed by atoms with Gasteiger partial charge in [-0.25, -0.2) is 4.98 Å². The van der Waals surface area contributed by atoms with Crippen LogP contribution in [-0.4, -0.2) is 60.5 Å². The molecule has 31 heavy (non-hydrogen) atoms. The van der Waals surface area contributed by atoms with Crippen molar-refractivity contribution in [2.75, 3.05) is 38.7 Å². The zero-order valence-electron chi connectivity index (χ0n) is 18.7. The second-order valence-corrected chi connectivity index (χ2v) is 9.29. The number of pyridine rings is 1. The average molecular weight is 426 g/mol. The molecular formula is C25H35N3O3. The Morgan fingerprint density at radius 1 is 1.06 bits per heavy atom. The fourth-order valence-electron chi connectivity index (χ4n) is 5.53. The zero-order chi connectivity index (χ0) is 21.2. The van der Waals surface area contributed by atoms with Crippen LogP contribution in [0.4, 0.5) is 5.82 Å². The number of aromatic nitrogens is 1. The summed E-state index contributed by atoms with van der Waals surface area (Å²) >= 11 is 0. The topological polar surface area (TPSA) is 66.8 Å². The smallest absolute Gasteiger partial charge is 0.163 e. The van der Waals surface area contributed by atoms with Crippen molar-refractivity contribution in [2.45, 2.75) is 69.9 Å². The maximum atomic E-state index is 10.3. The maximum absolute atomic E-state index is 10.3. The van der Waals surface area contributed by atoms with Crippen molar-refractivity contribution in [3.05, 3.63) is 23.3 Å². The average Bonchev–Trinajstić information content (AvgIpc) is 3.54. The van der Waals surface area contributed by atoms with E-state index in [1.165, 1.54) is 42.4 Å². The third kappa shape index (κ3) is 4.33. The van der Waals surface area contributed by atoms with Crippen molar-refractivity contribution >= 4 is 16.7 Å². The van der Waals surface area contributed by atoms with E-state index in [0.717, 1.165) is 74.3 Å². The van der Waals surface area contributed by atoms with Crippen LogP contribution < -0.4 is 14.8 Å². The minimum atomic E-state index is -0.278. The number of ether oxygens (including phenoxy) is 2. The Labute approximate surface area is 184 Å². The molecule has 1 saturated carbocycles. The first-order valence-corrected chi connectivity index (χ1v) is 12.1. The third-order valence-electron chi connectivity index (χ3n) is 7.22. The molecule has 6 nitrogen and oxygen atoms in total. The molecule has 3 aliphatic rings. The molecule has 2 N–H and O–H groups in total. The molecule has 1 aromatic carbocycles. The molecule has 168 valence electrons. The SMILES string of the molecule is COc1cc2c3c(c(N[C@H]4CCC[C@H]4O)nc2cc1OCCCN1CCCC1)CCC3. The monoisotopic (exact) mass is 425 g/mol. The molecule has 1 aromatic heterocycles. The number of nitrogens with zero attached hydrogens (tertiary/aromatic N) is 2. The summed E-state index contributed by atoms with van der Waals surface area (Å²) in [5.41, 5.74) is 3.64. The number of hydrogen-bond donors (Lipinski definition) is 2. The number of benzene rings is 1. The van der Waals surface area contributed by atoms with Gasteiger partial charge in [0.1, 0.15) is 5.82 Å². The normalized spacial score (nSPS) is 23.4. The standard InChI is InChI=1S/C25H35N3O3/c1-30-23-15-19-17-7-4-8-18(17)25(26-20-9-5-10-22(20)29)27-21(19)16-24(23)31-14-6-13-28-11-2-3-12-28/h15-16,20,22,29H,2-14H2,1H3,(H,26,27)/t20-,22+/m0/s1. The first kappa shape index (κ1) is 20.8. The van der Waals surface area contributed by atoms with Crippen LogP contribution in [0.15, 0.2) is 12.1 Å². The first-order chi connectivity index (χ1) is 15.2.